The highest BCUT2D eigenvalue weighted by molar-refractivity contribution is 5.02. The Labute approximate surface area is 81.5 Å². The summed E-state index contributed by atoms with van der Waals surface area (Å²) in [7, 11) is 0. The summed E-state index contributed by atoms with van der Waals surface area (Å²) in [5, 5.41) is 0. The van der Waals surface area contributed by atoms with Crippen LogP contribution in [0.2, 0.25) is 0 Å². The zero-order valence-corrected chi connectivity index (χ0v) is 8.71. The SMILES string of the molecule is CC1CC(C)CN(CC#CCN)C1. The smallest absolute Gasteiger partial charge is 0.0602 e. The van der Waals surface area contributed by atoms with Crippen molar-refractivity contribution < 1.29 is 0 Å². The summed E-state index contributed by atoms with van der Waals surface area (Å²) in [6.45, 7) is 8.41. The first-order chi connectivity index (χ1) is 6.22. The van der Waals surface area contributed by atoms with Gasteiger partial charge in [0.05, 0.1) is 13.1 Å². The molecule has 2 nitrogen and oxygen atoms in total. The average Bonchev–Trinajstić information content (AvgIpc) is 2.03. The lowest BCUT2D eigenvalue weighted by molar-refractivity contribution is 0.157. The number of likely N-dealkylation sites (tertiary alicyclic amines) is 1. The van der Waals surface area contributed by atoms with Crippen LogP contribution in [0, 0.1) is 23.7 Å². The van der Waals surface area contributed by atoms with E-state index in [1.54, 1.807) is 0 Å². The van der Waals surface area contributed by atoms with Crippen LogP contribution in [0.5, 0.6) is 0 Å². The van der Waals surface area contributed by atoms with Crippen molar-refractivity contribution in [3.63, 3.8) is 0 Å². The van der Waals surface area contributed by atoms with Crippen molar-refractivity contribution in [1.82, 2.24) is 4.90 Å². The van der Waals surface area contributed by atoms with Gasteiger partial charge >= 0.3 is 0 Å². The van der Waals surface area contributed by atoms with Crippen molar-refractivity contribution in [2.45, 2.75) is 20.3 Å². The first kappa shape index (κ1) is 10.6. The molecule has 0 amide bonds. The van der Waals surface area contributed by atoms with E-state index in [4.69, 9.17) is 5.73 Å². The topological polar surface area (TPSA) is 29.3 Å². The van der Waals surface area contributed by atoms with Crippen molar-refractivity contribution in [3.05, 3.63) is 0 Å². The highest BCUT2D eigenvalue weighted by atomic mass is 15.1. The lowest BCUT2D eigenvalue weighted by Crippen LogP contribution is -2.38. The summed E-state index contributed by atoms with van der Waals surface area (Å²) in [6.07, 6.45) is 1.36. The van der Waals surface area contributed by atoms with Crippen molar-refractivity contribution in [1.29, 1.82) is 0 Å². The molecule has 1 aliphatic rings. The molecule has 74 valence electrons. The average molecular weight is 180 g/mol. The molecule has 2 atom stereocenters. The van der Waals surface area contributed by atoms with Gasteiger partial charge in [-0.3, -0.25) is 4.90 Å². The minimum atomic E-state index is 0.485. The molecule has 0 saturated carbocycles. The Bertz CT molecular complexity index is 192. The van der Waals surface area contributed by atoms with Crippen molar-refractivity contribution in [2.75, 3.05) is 26.2 Å². The zero-order chi connectivity index (χ0) is 9.68. The van der Waals surface area contributed by atoms with E-state index in [0.29, 0.717) is 6.54 Å². The molecule has 13 heavy (non-hydrogen) atoms. The molecule has 1 saturated heterocycles. The summed E-state index contributed by atoms with van der Waals surface area (Å²) in [5.74, 6) is 7.65. The van der Waals surface area contributed by atoms with Crippen LogP contribution < -0.4 is 5.73 Å². The Balaban J connectivity index is 2.33. The molecule has 2 unspecified atom stereocenters. The van der Waals surface area contributed by atoms with E-state index in [-0.39, 0.29) is 0 Å². The van der Waals surface area contributed by atoms with Gasteiger partial charge in [-0.15, -0.1) is 0 Å². The molecule has 0 aromatic heterocycles. The number of hydrogen-bond acceptors (Lipinski definition) is 2. The van der Waals surface area contributed by atoms with E-state index in [9.17, 15) is 0 Å². The molecule has 0 aromatic rings. The van der Waals surface area contributed by atoms with Crippen LogP contribution >= 0.6 is 0 Å². The first-order valence-corrected chi connectivity index (χ1v) is 5.10. The van der Waals surface area contributed by atoms with E-state index < -0.39 is 0 Å². The maximum atomic E-state index is 5.31. The monoisotopic (exact) mass is 180 g/mol. The van der Waals surface area contributed by atoms with Crippen molar-refractivity contribution in [2.24, 2.45) is 17.6 Å². The summed E-state index contributed by atoms with van der Waals surface area (Å²) < 4.78 is 0. The standard InChI is InChI=1S/C11H20N2/c1-10-7-11(2)9-13(8-10)6-4-3-5-12/h10-11H,5-9,12H2,1-2H3. The van der Waals surface area contributed by atoms with E-state index in [1.807, 2.05) is 0 Å². The number of hydrogen-bond donors (Lipinski definition) is 1. The number of nitrogens with zero attached hydrogens (tertiary/aromatic N) is 1. The Morgan fingerprint density at radius 3 is 2.38 bits per heavy atom. The molecule has 2 heteroatoms. The molecule has 1 heterocycles. The van der Waals surface area contributed by atoms with E-state index >= 15 is 0 Å². The number of rotatable bonds is 1. The van der Waals surface area contributed by atoms with Crippen LogP contribution in [0.1, 0.15) is 20.3 Å². The number of piperidine rings is 1. The third-order valence-corrected chi connectivity index (χ3v) is 2.47. The van der Waals surface area contributed by atoms with Crippen molar-refractivity contribution in [3.8, 4) is 11.8 Å². The fraction of sp³-hybridized carbons (Fsp3) is 0.818. The normalized spacial score (nSPS) is 29.5. The van der Waals surface area contributed by atoms with E-state index in [0.717, 1.165) is 18.4 Å². The van der Waals surface area contributed by atoms with Gasteiger partial charge in [-0.05, 0) is 18.3 Å². The van der Waals surface area contributed by atoms with Gasteiger partial charge in [-0.25, -0.2) is 0 Å². The maximum Gasteiger partial charge on any atom is 0.0602 e. The van der Waals surface area contributed by atoms with Gasteiger partial charge in [0.2, 0.25) is 0 Å². The predicted molar refractivity (Wildman–Crippen MR) is 56.2 cm³/mol. The second-order valence-electron chi connectivity index (χ2n) is 4.20. The Hall–Kier alpha value is -0.520. The summed E-state index contributed by atoms with van der Waals surface area (Å²) in [5.41, 5.74) is 5.31. The minimum absolute atomic E-state index is 0.485. The van der Waals surface area contributed by atoms with Crippen LogP contribution in [-0.4, -0.2) is 31.1 Å². The molecular weight excluding hydrogens is 160 g/mol. The Morgan fingerprint density at radius 2 is 1.85 bits per heavy atom. The Morgan fingerprint density at radius 1 is 1.23 bits per heavy atom. The molecular formula is C11H20N2. The third kappa shape index (κ3) is 3.80. The summed E-state index contributed by atoms with van der Waals surface area (Å²) in [6, 6.07) is 0. The lowest BCUT2D eigenvalue weighted by Gasteiger charge is -2.33. The third-order valence-electron chi connectivity index (χ3n) is 2.47. The molecule has 0 aliphatic carbocycles. The molecule has 0 radical (unpaired) electrons. The quantitative estimate of drug-likeness (QED) is 0.608. The van der Waals surface area contributed by atoms with Gasteiger partial charge in [0.15, 0.2) is 0 Å². The van der Waals surface area contributed by atoms with Crippen LogP contribution in [0.4, 0.5) is 0 Å². The molecule has 2 N–H and O–H groups in total. The largest absolute Gasteiger partial charge is 0.320 e. The fourth-order valence-electron chi connectivity index (χ4n) is 2.16. The molecule has 0 spiro atoms. The maximum absolute atomic E-state index is 5.31. The van der Waals surface area contributed by atoms with Crippen LogP contribution in [0.15, 0.2) is 0 Å². The van der Waals surface area contributed by atoms with Crippen molar-refractivity contribution >= 4 is 0 Å². The zero-order valence-electron chi connectivity index (χ0n) is 8.71. The molecule has 1 aliphatic heterocycles. The van der Waals surface area contributed by atoms with E-state index in [1.165, 1.54) is 19.5 Å². The Kier molecular flexibility index (Phi) is 4.27. The van der Waals surface area contributed by atoms with Gasteiger partial charge < -0.3 is 5.73 Å². The predicted octanol–water partition coefficient (Wildman–Crippen LogP) is 0.926. The van der Waals surface area contributed by atoms with Gasteiger partial charge in [0, 0.05) is 13.1 Å². The molecule has 0 aromatic carbocycles. The van der Waals surface area contributed by atoms with Gasteiger partial charge in [-0.2, -0.15) is 0 Å². The first-order valence-electron chi connectivity index (χ1n) is 5.10. The van der Waals surface area contributed by atoms with Crippen LogP contribution in [-0.2, 0) is 0 Å². The summed E-state index contributed by atoms with van der Waals surface area (Å²) >= 11 is 0. The van der Waals surface area contributed by atoms with Gasteiger partial charge in [-0.1, -0.05) is 25.7 Å². The van der Waals surface area contributed by atoms with Crippen LogP contribution in [0.3, 0.4) is 0 Å². The molecule has 1 fully saturated rings. The van der Waals surface area contributed by atoms with Gasteiger partial charge in [0.25, 0.3) is 0 Å². The minimum Gasteiger partial charge on any atom is -0.320 e. The number of nitrogens with two attached hydrogens (primary N) is 1. The molecule has 1 rings (SSSR count). The van der Waals surface area contributed by atoms with Gasteiger partial charge in [0.1, 0.15) is 0 Å². The lowest BCUT2D eigenvalue weighted by atomic mass is 9.92. The highest BCUT2D eigenvalue weighted by Crippen LogP contribution is 2.20. The fourth-order valence-corrected chi connectivity index (χ4v) is 2.16. The highest BCUT2D eigenvalue weighted by Gasteiger charge is 2.20. The second-order valence-corrected chi connectivity index (χ2v) is 4.20. The molecule has 0 bridgehead atoms. The van der Waals surface area contributed by atoms with E-state index in [2.05, 4.69) is 30.6 Å². The van der Waals surface area contributed by atoms with Crippen LogP contribution in [0.25, 0.3) is 0 Å². The summed E-state index contributed by atoms with van der Waals surface area (Å²) in [4.78, 5) is 2.43. The second kappa shape index (κ2) is 5.26.